The largest absolute Gasteiger partial charge is 0.326 e. The molecule has 7 nitrogen and oxygen atoms in total. The maximum Gasteiger partial charge on any atom is 0.243 e. The van der Waals surface area contributed by atoms with E-state index in [0.29, 0.717) is 24.3 Å². The van der Waals surface area contributed by atoms with Gasteiger partial charge in [-0.1, -0.05) is 37.1 Å². The molecule has 1 saturated heterocycles. The van der Waals surface area contributed by atoms with E-state index in [4.69, 9.17) is 0 Å². The van der Waals surface area contributed by atoms with Crippen LogP contribution in [0.1, 0.15) is 37.7 Å². The molecule has 1 N–H and O–H groups in total. The van der Waals surface area contributed by atoms with E-state index in [1.807, 2.05) is 0 Å². The predicted octanol–water partition coefficient (Wildman–Crippen LogP) is 3.36. The Hall–Kier alpha value is -2.23. The minimum atomic E-state index is -3.66. The normalized spacial score (nSPS) is 15.9. The number of rotatable bonds is 7. The molecule has 3 rings (SSSR count). The zero-order chi connectivity index (χ0) is 22.5. The minimum Gasteiger partial charge on any atom is -0.326 e. The van der Waals surface area contributed by atoms with Gasteiger partial charge in [-0.15, -0.1) is 0 Å². The highest BCUT2D eigenvalue weighted by Crippen LogP contribution is 2.26. The first kappa shape index (κ1) is 23.4. The van der Waals surface area contributed by atoms with Gasteiger partial charge in [-0.05, 0) is 49.6 Å². The van der Waals surface area contributed by atoms with E-state index in [9.17, 15) is 21.6 Å². The molecule has 0 spiro atoms. The predicted molar refractivity (Wildman–Crippen MR) is 120 cm³/mol. The van der Waals surface area contributed by atoms with Crippen LogP contribution >= 0.6 is 0 Å². The maximum absolute atomic E-state index is 13.1. The molecular weight excluding hydrogens is 436 g/mol. The van der Waals surface area contributed by atoms with E-state index in [-0.39, 0.29) is 22.0 Å². The summed E-state index contributed by atoms with van der Waals surface area (Å²) in [6.07, 6.45) is 3.49. The second kappa shape index (κ2) is 9.93. The van der Waals surface area contributed by atoms with Gasteiger partial charge < -0.3 is 5.32 Å². The van der Waals surface area contributed by atoms with Crippen LogP contribution in [0.5, 0.6) is 0 Å². The number of hydrogen-bond acceptors (Lipinski definition) is 5. The van der Waals surface area contributed by atoms with E-state index >= 15 is 0 Å². The molecule has 168 valence electrons. The lowest BCUT2D eigenvalue weighted by molar-refractivity contribution is -0.115. The van der Waals surface area contributed by atoms with Crippen LogP contribution in [-0.4, -0.2) is 45.9 Å². The Balaban J connectivity index is 1.70. The molecule has 1 aliphatic heterocycles. The number of anilines is 1. The van der Waals surface area contributed by atoms with Gasteiger partial charge in [0.15, 0.2) is 9.84 Å². The van der Waals surface area contributed by atoms with Crippen molar-refractivity contribution in [2.75, 3.05) is 24.2 Å². The zero-order valence-corrected chi connectivity index (χ0v) is 19.2. The quantitative estimate of drug-likeness (QED) is 0.677. The number of benzene rings is 2. The Morgan fingerprint density at radius 3 is 2.23 bits per heavy atom. The van der Waals surface area contributed by atoms with Gasteiger partial charge in [0.25, 0.3) is 0 Å². The molecule has 1 amide bonds. The maximum atomic E-state index is 13.1. The second-order valence-electron chi connectivity index (χ2n) is 7.73. The van der Waals surface area contributed by atoms with Crippen molar-refractivity contribution in [2.24, 2.45) is 0 Å². The third-order valence-electron chi connectivity index (χ3n) is 5.35. The number of nitrogens with zero attached hydrogens (tertiary/aromatic N) is 1. The van der Waals surface area contributed by atoms with E-state index in [1.54, 1.807) is 37.3 Å². The fraction of sp³-hybridized carbons (Fsp3) is 0.409. The summed E-state index contributed by atoms with van der Waals surface area (Å²) in [7, 11) is -7.23. The summed E-state index contributed by atoms with van der Waals surface area (Å²) in [6, 6.07) is 12.7. The Kier molecular flexibility index (Phi) is 7.51. The van der Waals surface area contributed by atoms with Gasteiger partial charge in [-0.2, -0.15) is 4.31 Å². The SMILES string of the molecule is Cc1ccc(NC(=O)CCS(=O)(=O)c2ccccc2)cc1S(=O)(=O)N1CCCCCC1. The van der Waals surface area contributed by atoms with Crippen molar-refractivity contribution in [1.82, 2.24) is 4.31 Å². The van der Waals surface area contributed by atoms with Crippen molar-refractivity contribution in [3.05, 3.63) is 54.1 Å². The average Bonchev–Trinajstić information content (AvgIpc) is 3.04. The number of sulfone groups is 1. The summed E-state index contributed by atoms with van der Waals surface area (Å²) in [4.78, 5) is 12.7. The third-order valence-corrected chi connectivity index (χ3v) is 9.13. The molecule has 0 aromatic heterocycles. The molecule has 2 aromatic rings. The smallest absolute Gasteiger partial charge is 0.243 e. The van der Waals surface area contributed by atoms with Crippen LogP contribution in [0.15, 0.2) is 58.3 Å². The molecule has 0 unspecified atom stereocenters. The van der Waals surface area contributed by atoms with Crippen LogP contribution in [0.25, 0.3) is 0 Å². The Bertz CT molecular complexity index is 1120. The van der Waals surface area contributed by atoms with E-state index in [2.05, 4.69) is 5.32 Å². The molecule has 0 radical (unpaired) electrons. The number of carbonyl (C=O) groups excluding carboxylic acids is 1. The molecule has 1 fully saturated rings. The number of hydrogen-bond donors (Lipinski definition) is 1. The van der Waals surface area contributed by atoms with Crippen molar-refractivity contribution in [1.29, 1.82) is 0 Å². The molecule has 0 bridgehead atoms. The highest BCUT2D eigenvalue weighted by molar-refractivity contribution is 7.91. The third kappa shape index (κ3) is 5.93. The number of carbonyl (C=O) groups is 1. The van der Waals surface area contributed by atoms with Crippen molar-refractivity contribution in [3.8, 4) is 0 Å². The Morgan fingerprint density at radius 1 is 0.935 bits per heavy atom. The summed E-state index contributed by atoms with van der Waals surface area (Å²) in [5, 5.41) is 2.63. The number of amides is 1. The molecule has 0 atom stereocenters. The molecule has 1 aliphatic rings. The van der Waals surface area contributed by atoms with E-state index in [1.165, 1.54) is 22.5 Å². The summed E-state index contributed by atoms with van der Waals surface area (Å²) < 4.78 is 52.5. The van der Waals surface area contributed by atoms with Crippen molar-refractivity contribution in [2.45, 2.75) is 48.8 Å². The summed E-state index contributed by atoms with van der Waals surface area (Å²) >= 11 is 0. The van der Waals surface area contributed by atoms with Crippen LogP contribution in [0.4, 0.5) is 5.69 Å². The van der Waals surface area contributed by atoms with Crippen LogP contribution in [-0.2, 0) is 24.7 Å². The van der Waals surface area contributed by atoms with E-state index in [0.717, 1.165) is 25.7 Å². The van der Waals surface area contributed by atoms with Gasteiger partial charge in [0, 0.05) is 25.2 Å². The lowest BCUT2D eigenvalue weighted by atomic mass is 10.2. The molecule has 2 aromatic carbocycles. The summed E-state index contributed by atoms with van der Waals surface area (Å²) in [5.74, 6) is -0.810. The van der Waals surface area contributed by atoms with Crippen LogP contribution in [0.3, 0.4) is 0 Å². The second-order valence-corrected chi connectivity index (χ2v) is 11.7. The number of sulfonamides is 1. The Morgan fingerprint density at radius 2 is 1.58 bits per heavy atom. The molecular formula is C22H28N2O5S2. The van der Waals surface area contributed by atoms with Crippen molar-refractivity contribution >= 4 is 31.5 Å². The Labute approximate surface area is 184 Å². The van der Waals surface area contributed by atoms with Crippen molar-refractivity contribution < 1.29 is 21.6 Å². The summed E-state index contributed by atoms with van der Waals surface area (Å²) in [6.45, 7) is 2.72. The van der Waals surface area contributed by atoms with Crippen LogP contribution in [0.2, 0.25) is 0 Å². The van der Waals surface area contributed by atoms with Crippen LogP contribution < -0.4 is 5.32 Å². The number of nitrogens with one attached hydrogen (secondary N) is 1. The monoisotopic (exact) mass is 464 g/mol. The van der Waals surface area contributed by atoms with E-state index < -0.39 is 25.8 Å². The number of aryl methyl sites for hydroxylation is 1. The highest BCUT2D eigenvalue weighted by atomic mass is 32.2. The lowest BCUT2D eigenvalue weighted by Crippen LogP contribution is -2.32. The summed E-state index contributed by atoms with van der Waals surface area (Å²) in [5.41, 5.74) is 0.940. The van der Waals surface area contributed by atoms with Gasteiger partial charge >= 0.3 is 0 Å². The van der Waals surface area contributed by atoms with Gasteiger partial charge in [-0.25, -0.2) is 16.8 Å². The lowest BCUT2D eigenvalue weighted by Gasteiger charge is -2.21. The minimum absolute atomic E-state index is 0.170. The average molecular weight is 465 g/mol. The molecule has 0 saturated carbocycles. The topological polar surface area (TPSA) is 101 Å². The molecule has 0 aliphatic carbocycles. The van der Waals surface area contributed by atoms with Crippen LogP contribution in [0, 0.1) is 6.92 Å². The first-order valence-corrected chi connectivity index (χ1v) is 13.5. The molecule has 1 heterocycles. The van der Waals surface area contributed by atoms with Gasteiger partial charge in [0.05, 0.1) is 15.5 Å². The molecule has 9 heteroatoms. The zero-order valence-electron chi connectivity index (χ0n) is 17.6. The van der Waals surface area contributed by atoms with Gasteiger partial charge in [0.1, 0.15) is 0 Å². The fourth-order valence-electron chi connectivity index (χ4n) is 3.57. The molecule has 31 heavy (non-hydrogen) atoms. The van der Waals surface area contributed by atoms with Gasteiger partial charge in [0.2, 0.25) is 15.9 Å². The highest BCUT2D eigenvalue weighted by Gasteiger charge is 2.27. The van der Waals surface area contributed by atoms with Crippen molar-refractivity contribution in [3.63, 3.8) is 0 Å². The first-order chi connectivity index (χ1) is 14.7. The first-order valence-electron chi connectivity index (χ1n) is 10.4. The fourth-order valence-corrected chi connectivity index (χ4v) is 6.60. The van der Waals surface area contributed by atoms with Gasteiger partial charge in [-0.3, -0.25) is 4.79 Å². The standard InChI is InChI=1S/C22H28N2O5S2/c1-18-11-12-19(17-21(18)31(28,29)24-14-7-2-3-8-15-24)23-22(25)13-16-30(26,27)20-9-5-4-6-10-20/h4-6,9-12,17H,2-3,7-8,13-16H2,1H3,(H,23,25).